The highest BCUT2D eigenvalue weighted by Gasteiger charge is 2.14. The van der Waals surface area contributed by atoms with Crippen LogP contribution in [0.25, 0.3) is 27.8 Å². The number of rotatable bonds is 5. The van der Waals surface area contributed by atoms with Crippen LogP contribution >= 0.6 is 11.8 Å². The molecule has 3 aromatic heterocycles. The maximum atomic E-state index is 12.5. The Kier molecular flexibility index (Phi) is 4.67. The van der Waals surface area contributed by atoms with Crippen molar-refractivity contribution in [2.45, 2.75) is 30.7 Å². The summed E-state index contributed by atoms with van der Waals surface area (Å²) in [5.41, 5.74) is 3.61. The molecule has 0 bridgehead atoms. The molecule has 0 aliphatic carbocycles. The second-order valence-electron chi connectivity index (χ2n) is 7.40. The third kappa shape index (κ3) is 3.31. The standard InChI is InChI=1S/C23H20N4O2S/c1-14(2)15-7-9-16(10-8-15)27-12-11-24-23(27)30-13-19-25-20-17-5-3-4-6-18(17)29-21(20)22(28)26-19/h3-12,14H,13H2,1-2H3,(H,25,26,28). The van der Waals surface area contributed by atoms with E-state index in [4.69, 9.17) is 4.42 Å². The fourth-order valence-electron chi connectivity index (χ4n) is 3.46. The third-order valence-corrected chi connectivity index (χ3v) is 6.04. The van der Waals surface area contributed by atoms with Crippen LogP contribution in [0.2, 0.25) is 0 Å². The summed E-state index contributed by atoms with van der Waals surface area (Å²) >= 11 is 1.53. The second-order valence-corrected chi connectivity index (χ2v) is 8.35. The number of nitrogens with zero attached hydrogens (tertiary/aromatic N) is 3. The van der Waals surface area contributed by atoms with Crippen LogP contribution in [0.3, 0.4) is 0 Å². The molecular weight excluding hydrogens is 396 g/mol. The Hall–Kier alpha value is -3.32. The van der Waals surface area contributed by atoms with Crippen LogP contribution in [0.15, 0.2) is 75.3 Å². The fraction of sp³-hybridized carbons (Fsp3) is 0.174. The third-order valence-electron chi connectivity index (χ3n) is 5.06. The number of imidazole rings is 1. The van der Waals surface area contributed by atoms with Gasteiger partial charge in [0.1, 0.15) is 16.9 Å². The van der Waals surface area contributed by atoms with Crippen LogP contribution in [0.4, 0.5) is 0 Å². The molecule has 0 spiro atoms. The molecule has 150 valence electrons. The van der Waals surface area contributed by atoms with Crippen molar-refractivity contribution >= 4 is 33.8 Å². The van der Waals surface area contributed by atoms with E-state index in [1.165, 1.54) is 17.3 Å². The molecule has 0 aliphatic rings. The first-order valence-corrected chi connectivity index (χ1v) is 10.8. The Balaban J connectivity index is 1.43. The summed E-state index contributed by atoms with van der Waals surface area (Å²) in [4.78, 5) is 24.4. The number of nitrogens with one attached hydrogen (secondary N) is 1. The Labute approximate surface area is 177 Å². The minimum Gasteiger partial charge on any atom is -0.449 e. The van der Waals surface area contributed by atoms with E-state index in [1.807, 2.05) is 35.0 Å². The molecule has 30 heavy (non-hydrogen) atoms. The van der Waals surface area contributed by atoms with Gasteiger partial charge in [-0.05, 0) is 35.7 Å². The molecule has 7 heteroatoms. The van der Waals surface area contributed by atoms with Gasteiger partial charge in [-0.1, -0.05) is 49.9 Å². The number of aromatic nitrogens is 4. The summed E-state index contributed by atoms with van der Waals surface area (Å²) < 4.78 is 7.70. The Morgan fingerprint density at radius 3 is 2.73 bits per heavy atom. The molecule has 3 heterocycles. The molecule has 2 aromatic carbocycles. The molecular formula is C23H20N4O2S. The molecule has 0 unspecified atom stereocenters. The lowest BCUT2D eigenvalue weighted by Crippen LogP contribution is -2.10. The summed E-state index contributed by atoms with van der Waals surface area (Å²) in [6.45, 7) is 4.36. The van der Waals surface area contributed by atoms with E-state index >= 15 is 0 Å². The van der Waals surface area contributed by atoms with Gasteiger partial charge in [0.25, 0.3) is 5.56 Å². The van der Waals surface area contributed by atoms with E-state index in [9.17, 15) is 4.79 Å². The molecule has 0 saturated heterocycles. The molecule has 5 aromatic rings. The van der Waals surface area contributed by atoms with Crippen LogP contribution < -0.4 is 5.56 Å². The summed E-state index contributed by atoms with van der Waals surface area (Å²) in [6, 6.07) is 16.0. The predicted octanol–water partition coefficient (Wildman–Crippen LogP) is 5.27. The van der Waals surface area contributed by atoms with E-state index in [2.05, 4.69) is 53.1 Å². The van der Waals surface area contributed by atoms with Crippen molar-refractivity contribution < 1.29 is 4.42 Å². The lowest BCUT2D eigenvalue weighted by atomic mass is 10.0. The van der Waals surface area contributed by atoms with Gasteiger partial charge >= 0.3 is 0 Å². The smallest absolute Gasteiger partial charge is 0.294 e. The quantitative estimate of drug-likeness (QED) is 0.395. The maximum Gasteiger partial charge on any atom is 0.294 e. The highest BCUT2D eigenvalue weighted by atomic mass is 32.2. The molecule has 0 fully saturated rings. The number of fused-ring (bicyclic) bond motifs is 3. The number of hydrogen-bond donors (Lipinski definition) is 1. The molecule has 5 rings (SSSR count). The SMILES string of the molecule is CC(C)c1ccc(-n2ccnc2SCc2nc3c(oc4ccccc43)c(=O)[nH]2)cc1. The van der Waals surface area contributed by atoms with Crippen molar-refractivity contribution in [2.24, 2.45) is 0 Å². The second kappa shape index (κ2) is 7.50. The van der Waals surface area contributed by atoms with Crippen LogP contribution in [0, 0.1) is 0 Å². The number of thioether (sulfide) groups is 1. The molecule has 0 saturated carbocycles. The molecule has 0 aliphatic heterocycles. The summed E-state index contributed by atoms with van der Waals surface area (Å²) in [6.07, 6.45) is 3.72. The number of para-hydroxylation sites is 1. The van der Waals surface area contributed by atoms with Gasteiger partial charge in [-0.15, -0.1) is 0 Å². The number of hydrogen-bond acceptors (Lipinski definition) is 5. The minimum atomic E-state index is -0.264. The fourth-order valence-corrected chi connectivity index (χ4v) is 4.30. The van der Waals surface area contributed by atoms with Crippen LogP contribution in [-0.4, -0.2) is 19.5 Å². The summed E-state index contributed by atoms with van der Waals surface area (Å²) in [7, 11) is 0. The molecule has 6 nitrogen and oxygen atoms in total. The topological polar surface area (TPSA) is 76.7 Å². The van der Waals surface area contributed by atoms with E-state index < -0.39 is 0 Å². The maximum absolute atomic E-state index is 12.5. The van der Waals surface area contributed by atoms with Crippen molar-refractivity contribution in [3.05, 3.63) is 82.7 Å². The highest BCUT2D eigenvalue weighted by molar-refractivity contribution is 7.98. The van der Waals surface area contributed by atoms with Crippen molar-refractivity contribution in [2.75, 3.05) is 0 Å². The summed E-state index contributed by atoms with van der Waals surface area (Å²) in [5.74, 6) is 1.58. The normalized spacial score (nSPS) is 11.7. The molecule has 0 radical (unpaired) electrons. The molecule has 1 N–H and O–H groups in total. The number of furan rings is 1. The number of H-pyrrole nitrogens is 1. The number of benzene rings is 2. The van der Waals surface area contributed by atoms with E-state index in [0.717, 1.165) is 16.2 Å². The van der Waals surface area contributed by atoms with Crippen LogP contribution in [0.5, 0.6) is 0 Å². The van der Waals surface area contributed by atoms with Gasteiger partial charge in [0.05, 0.1) is 5.75 Å². The van der Waals surface area contributed by atoms with E-state index in [0.29, 0.717) is 28.6 Å². The van der Waals surface area contributed by atoms with Gasteiger partial charge in [0.15, 0.2) is 5.16 Å². The van der Waals surface area contributed by atoms with Gasteiger partial charge in [0.2, 0.25) is 5.58 Å². The van der Waals surface area contributed by atoms with Gasteiger partial charge in [-0.25, -0.2) is 9.97 Å². The van der Waals surface area contributed by atoms with Crippen molar-refractivity contribution in [3.8, 4) is 5.69 Å². The first-order valence-electron chi connectivity index (χ1n) is 9.77. The first kappa shape index (κ1) is 18.7. The summed E-state index contributed by atoms with van der Waals surface area (Å²) in [5, 5.41) is 1.68. The monoisotopic (exact) mass is 416 g/mol. The first-order chi connectivity index (χ1) is 14.6. The Morgan fingerprint density at radius 2 is 1.93 bits per heavy atom. The van der Waals surface area contributed by atoms with Crippen molar-refractivity contribution in [1.29, 1.82) is 0 Å². The predicted molar refractivity (Wildman–Crippen MR) is 119 cm³/mol. The zero-order valence-electron chi connectivity index (χ0n) is 16.6. The van der Waals surface area contributed by atoms with Gasteiger partial charge in [-0.3, -0.25) is 9.36 Å². The average molecular weight is 417 g/mol. The highest BCUT2D eigenvalue weighted by Crippen LogP contribution is 2.27. The van der Waals surface area contributed by atoms with Crippen molar-refractivity contribution in [1.82, 2.24) is 19.5 Å². The van der Waals surface area contributed by atoms with E-state index in [1.54, 1.807) is 6.20 Å². The van der Waals surface area contributed by atoms with Gasteiger partial charge < -0.3 is 9.40 Å². The molecule has 0 atom stereocenters. The minimum absolute atomic E-state index is 0.261. The van der Waals surface area contributed by atoms with Crippen LogP contribution in [0.1, 0.15) is 31.2 Å². The zero-order valence-corrected chi connectivity index (χ0v) is 17.4. The zero-order chi connectivity index (χ0) is 20.7. The van der Waals surface area contributed by atoms with Crippen molar-refractivity contribution in [3.63, 3.8) is 0 Å². The van der Waals surface area contributed by atoms with E-state index in [-0.39, 0.29) is 11.1 Å². The largest absolute Gasteiger partial charge is 0.449 e. The lowest BCUT2D eigenvalue weighted by molar-refractivity contribution is 0.660. The average Bonchev–Trinajstić information content (AvgIpc) is 3.37. The van der Waals surface area contributed by atoms with Crippen LogP contribution in [-0.2, 0) is 5.75 Å². The Morgan fingerprint density at radius 1 is 1.13 bits per heavy atom. The number of aromatic amines is 1. The Bertz CT molecular complexity index is 1400. The van der Waals surface area contributed by atoms with Gasteiger partial charge in [0, 0.05) is 23.5 Å². The van der Waals surface area contributed by atoms with Gasteiger partial charge in [-0.2, -0.15) is 0 Å². The lowest BCUT2D eigenvalue weighted by Gasteiger charge is -2.10. The molecule has 0 amide bonds.